The molecule has 3 heterocycles. The molecule has 1 aromatic carbocycles. The van der Waals surface area contributed by atoms with E-state index in [1.54, 1.807) is 4.90 Å². The Morgan fingerprint density at radius 2 is 1.80 bits per heavy atom. The van der Waals surface area contributed by atoms with Gasteiger partial charge in [-0.15, -0.1) is 11.3 Å². The van der Waals surface area contributed by atoms with Crippen molar-refractivity contribution in [2.24, 2.45) is 11.8 Å². The van der Waals surface area contributed by atoms with E-state index >= 15 is 0 Å². The van der Waals surface area contributed by atoms with Gasteiger partial charge in [-0.25, -0.2) is 4.98 Å². The number of hydrogen-bond donors (Lipinski definition) is 1. The number of thiazole rings is 1. The Bertz CT molecular complexity index is 931. The third-order valence-electron chi connectivity index (χ3n) is 5.98. The van der Waals surface area contributed by atoms with Gasteiger partial charge in [0, 0.05) is 42.5 Å². The summed E-state index contributed by atoms with van der Waals surface area (Å²) in [6, 6.07) is 9.47. The standard InChI is InChI=1S/C22H26N4O3S/c1-14-15(2)30-22(23-14)24-20(28)16-8-10-25(11-9-16)21(29)17-12-19(27)26(13-17)18-6-4-3-5-7-18/h3-7,16-17H,8-13H2,1-2H3,(H,23,24,28)/t17-/m1/s1. The molecule has 3 amide bonds. The summed E-state index contributed by atoms with van der Waals surface area (Å²) in [6.45, 7) is 5.42. The predicted octanol–water partition coefficient (Wildman–Crippen LogP) is 2.99. The van der Waals surface area contributed by atoms with Gasteiger partial charge in [0.2, 0.25) is 17.7 Å². The molecule has 2 aliphatic rings. The number of piperidine rings is 1. The summed E-state index contributed by atoms with van der Waals surface area (Å²) in [5, 5.41) is 3.55. The van der Waals surface area contributed by atoms with Crippen LogP contribution in [0, 0.1) is 25.7 Å². The zero-order chi connectivity index (χ0) is 21.3. The highest BCUT2D eigenvalue weighted by atomic mass is 32.1. The monoisotopic (exact) mass is 426 g/mol. The maximum absolute atomic E-state index is 13.0. The van der Waals surface area contributed by atoms with Crippen LogP contribution in [0.25, 0.3) is 0 Å². The van der Waals surface area contributed by atoms with E-state index in [-0.39, 0.29) is 36.0 Å². The number of hydrogen-bond acceptors (Lipinski definition) is 5. The van der Waals surface area contributed by atoms with Crippen molar-refractivity contribution in [1.29, 1.82) is 0 Å². The second-order valence-corrected chi connectivity index (χ2v) is 9.19. The van der Waals surface area contributed by atoms with Crippen LogP contribution in [0.1, 0.15) is 29.8 Å². The topological polar surface area (TPSA) is 82.6 Å². The van der Waals surface area contributed by atoms with Gasteiger partial charge < -0.3 is 15.1 Å². The van der Waals surface area contributed by atoms with Crippen LogP contribution in [0.2, 0.25) is 0 Å². The van der Waals surface area contributed by atoms with Crippen LogP contribution in [0.3, 0.4) is 0 Å². The first-order valence-electron chi connectivity index (χ1n) is 10.3. The summed E-state index contributed by atoms with van der Waals surface area (Å²) >= 11 is 1.48. The molecule has 0 bridgehead atoms. The average Bonchev–Trinajstić information content (AvgIpc) is 3.29. The van der Waals surface area contributed by atoms with E-state index in [0.29, 0.717) is 37.6 Å². The van der Waals surface area contributed by atoms with Crippen LogP contribution in [0.5, 0.6) is 0 Å². The number of carbonyl (C=O) groups is 3. The molecule has 8 heteroatoms. The molecule has 7 nitrogen and oxygen atoms in total. The van der Waals surface area contributed by atoms with Crippen molar-refractivity contribution >= 4 is 39.9 Å². The zero-order valence-corrected chi connectivity index (χ0v) is 18.1. The quantitative estimate of drug-likeness (QED) is 0.815. The van der Waals surface area contributed by atoms with E-state index in [2.05, 4.69) is 10.3 Å². The van der Waals surface area contributed by atoms with Gasteiger partial charge in [-0.05, 0) is 38.8 Å². The molecule has 1 aromatic heterocycles. The first-order valence-corrected chi connectivity index (χ1v) is 11.1. The van der Waals surface area contributed by atoms with E-state index in [1.165, 1.54) is 11.3 Å². The summed E-state index contributed by atoms with van der Waals surface area (Å²) in [5.74, 6) is -0.453. The highest BCUT2D eigenvalue weighted by Crippen LogP contribution is 2.28. The number of aromatic nitrogens is 1. The Kier molecular flexibility index (Phi) is 5.85. The van der Waals surface area contributed by atoms with Gasteiger partial charge in [0.05, 0.1) is 11.6 Å². The van der Waals surface area contributed by atoms with Gasteiger partial charge >= 0.3 is 0 Å². The summed E-state index contributed by atoms with van der Waals surface area (Å²) in [6.07, 6.45) is 1.50. The largest absolute Gasteiger partial charge is 0.342 e. The number of amides is 3. The summed E-state index contributed by atoms with van der Waals surface area (Å²) < 4.78 is 0. The zero-order valence-electron chi connectivity index (χ0n) is 17.3. The summed E-state index contributed by atoms with van der Waals surface area (Å²) in [7, 11) is 0. The average molecular weight is 427 g/mol. The number of nitrogens with zero attached hydrogens (tertiary/aromatic N) is 3. The molecule has 4 rings (SSSR count). The molecule has 2 saturated heterocycles. The minimum atomic E-state index is -0.315. The summed E-state index contributed by atoms with van der Waals surface area (Å²) in [4.78, 5) is 46.9. The van der Waals surface area contributed by atoms with Crippen LogP contribution in [0.15, 0.2) is 30.3 Å². The maximum atomic E-state index is 13.0. The molecule has 0 unspecified atom stereocenters. The number of carbonyl (C=O) groups excluding carboxylic acids is 3. The van der Waals surface area contributed by atoms with Crippen LogP contribution in [-0.4, -0.2) is 47.2 Å². The van der Waals surface area contributed by atoms with Crippen LogP contribution in [-0.2, 0) is 14.4 Å². The van der Waals surface area contributed by atoms with Crippen molar-refractivity contribution in [2.75, 3.05) is 29.9 Å². The molecule has 2 aliphatic heterocycles. The van der Waals surface area contributed by atoms with Crippen molar-refractivity contribution in [2.45, 2.75) is 33.1 Å². The molecule has 1 N–H and O–H groups in total. The Labute approximate surface area is 180 Å². The van der Waals surface area contributed by atoms with E-state index in [1.807, 2.05) is 49.1 Å². The number of benzene rings is 1. The molecule has 2 aromatic rings. The van der Waals surface area contributed by atoms with Crippen molar-refractivity contribution < 1.29 is 14.4 Å². The minimum absolute atomic E-state index is 0.0113. The summed E-state index contributed by atoms with van der Waals surface area (Å²) in [5.41, 5.74) is 1.77. The molecule has 0 spiro atoms. The van der Waals surface area contributed by atoms with Gasteiger partial charge in [0.25, 0.3) is 0 Å². The molecule has 0 aliphatic carbocycles. The third-order valence-corrected chi connectivity index (χ3v) is 6.97. The lowest BCUT2D eigenvalue weighted by atomic mass is 9.94. The first-order chi connectivity index (χ1) is 14.4. The Balaban J connectivity index is 1.30. The van der Waals surface area contributed by atoms with Gasteiger partial charge in [0.1, 0.15) is 0 Å². The number of para-hydroxylation sites is 1. The third kappa shape index (κ3) is 4.23. The van der Waals surface area contributed by atoms with Gasteiger partial charge in [-0.2, -0.15) is 0 Å². The Morgan fingerprint density at radius 1 is 1.10 bits per heavy atom. The molecule has 2 fully saturated rings. The molecular weight excluding hydrogens is 400 g/mol. The molecule has 30 heavy (non-hydrogen) atoms. The number of nitrogens with one attached hydrogen (secondary N) is 1. The highest BCUT2D eigenvalue weighted by Gasteiger charge is 2.38. The minimum Gasteiger partial charge on any atom is -0.342 e. The van der Waals surface area contributed by atoms with Crippen LogP contribution >= 0.6 is 11.3 Å². The van der Waals surface area contributed by atoms with Crippen molar-refractivity contribution in [3.8, 4) is 0 Å². The normalized spacial score (nSPS) is 19.9. The molecule has 158 valence electrons. The lowest BCUT2D eigenvalue weighted by Gasteiger charge is -2.32. The van der Waals surface area contributed by atoms with E-state index in [0.717, 1.165) is 16.3 Å². The number of rotatable bonds is 4. The second-order valence-electron chi connectivity index (χ2n) is 7.99. The Hall–Kier alpha value is -2.74. The van der Waals surface area contributed by atoms with Crippen molar-refractivity contribution in [1.82, 2.24) is 9.88 Å². The number of aryl methyl sites for hydroxylation is 2. The van der Waals surface area contributed by atoms with Crippen molar-refractivity contribution in [3.05, 3.63) is 40.9 Å². The van der Waals surface area contributed by atoms with Crippen molar-refractivity contribution in [3.63, 3.8) is 0 Å². The molecular formula is C22H26N4O3S. The fraction of sp³-hybridized carbons (Fsp3) is 0.455. The highest BCUT2D eigenvalue weighted by molar-refractivity contribution is 7.15. The van der Waals surface area contributed by atoms with Crippen LogP contribution < -0.4 is 10.2 Å². The van der Waals surface area contributed by atoms with E-state index in [9.17, 15) is 14.4 Å². The Morgan fingerprint density at radius 3 is 2.43 bits per heavy atom. The smallest absolute Gasteiger partial charge is 0.229 e. The van der Waals surface area contributed by atoms with Gasteiger partial charge in [-0.1, -0.05) is 18.2 Å². The van der Waals surface area contributed by atoms with Gasteiger partial charge in [-0.3, -0.25) is 14.4 Å². The van der Waals surface area contributed by atoms with E-state index < -0.39 is 0 Å². The number of likely N-dealkylation sites (tertiary alicyclic amines) is 1. The SMILES string of the molecule is Cc1nc(NC(=O)C2CCN(C(=O)[C@@H]3CC(=O)N(c4ccccc4)C3)CC2)sc1C. The maximum Gasteiger partial charge on any atom is 0.229 e. The first kappa shape index (κ1) is 20.5. The molecule has 0 saturated carbocycles. The predicted molar refractivity (Wildman–Crippen MR) is 116 cm³/mol. The lowest BCUT2D eigenvalue weighted by molar-refractivity contribution is -0.138. The molecule has 1 atom stereocenters. The number of anilines is 2. The lowest BCUT2D eigenvalue weighted by Crippen LogP contribution is -2.44. The second kappa shape index (κ2) is 8.55. The molecule has 0 radical (unpaired) electrons. The fourth-order valence-electron chi connectivity index (χ4n) is 4.08. The fourth-order valence-corrected chi connectivity index (χ4v) is 4.90. The van der Waals surface area contributed by atoms with E-state index in [4.69, 9.17) is 0 Å². The van der Waals surface area contributed by atoms with Crippen LogP contribution in [0.4, 0.5) is 10.8 Å². The van der Waals surface area contributed by atoms with Gasteiger partial charge in [0.15, 0.2) is 5.13 Å².